The minimum atomic E-state index is 0.895. The zero-order valence-electron chi connectivity index (χ0n) is 9.30. The van der Waals surface area contributed by atoms with Gasteiger partial charge in [-0.05, 0) is 7.05 Å². The zero-order valence-corrected chi connectivity index (χ0v) is 9.30. The highest BCUT2D eigenvalue weighted by Gasteiger charge is 2.17. The van der Waals surface area contributed by atoms with Crippen molar-refractivity contribution in [1.82, 2.24) is 19.3 Å². The van der Waals surface area contributed by atoms with E-state index in [2.05, 4.69) is 33.0 Å². The number of piperazine rings is 1. The molecule has 0 saturated carbocycles. The molecule has 1 aliphatic heterocycles. The number of hydrogen-bond acceptors (Lipinski definition) is 4. The standard InChI is InChI=1S/C11H14N5/c1-14-6-8-16(9-7-14)11-10-12-2-4-15(10)5-3-13-11/h3-5H,6-9H2,1H3. The van der Waals surface area contributed by atoms with Crippen LogP contribution in [0.2, 0.25) is 0 Å². The lowest BCUT2D eigenvalue weighted by atomic mass is 10.3. The minimum Gasteiger partial charge on any atom is -0.351 e. The summed E-state index contributed by atoms with van der Waals surface area (Å²) in [7, 11) is 2.15. The highest BCUT2D eigenvalue weighted by Crippen LogP contribution is 2.17. The van der Waals surface area contributed by atoms with Gasteiger partial charge in [0.1, 0.15) is 6.20 Å². The van der Waals surface area contributed by atoms with Gasteiger partial charge < -0.3 is 14.2 Å². The summed E-state index contributed by atoms with van der Waals surface area (Å²) < 4.78 is 1.96. The van der Waals surface area contributed by atoms with E-state index in [9.17, 15) is 0 Å². The first-order chi connectivity index (χ1) is 7.84. The van der Waals surface area contributed by atoms with Gasteiger partial charge in [0.2, 0.25) is 0 Å². The number of hydrogen-bond donors (Lipinski definition) is 0. The molecule has 1 fully saturated rings. The summed E-state index contributed by atoms with van der Waals surface area (Å²) in [4.78, 5) is 13.3. The van der Waals surface area contributed by atoms with Crippen molar-refractivity contribution in [3.05, 3.63) is 24.8 Å². The molecule has 3 rings (SSSR count). The van der Waals surface area contributed by atoms with Gasteiger partial charge in [-0.1, -0.05) is 0 Å². The van der Waals surface area contributed by atoms with Crippen LogP contribution in [0.1, 0.15) is 0 Å². The number of nitrogens with zero attached hydrogens (tertiary/aromatic N) is 5. The van der Waals surface area contributed by atoms with Gasteiger partial charge in [-0.25, -0.2) is 9.97 Å². The number of anilines is 1. The Kier molecular flexibility index (Phi) is 2.25. The van der Waals surface area contributed by atoms with E-state index < -0.39 is 0 Å². The lowest BCUT2D eigenvalue weighted by Crippen LogP contribution is -2.45. The predicted molar refractivity (Wildman–Crippen MR) is 61.5 cm³/mol. The van der Waals surface area contributed by atoms with Crippen molar-refractivity contribution in [2.75, 3.05) is 38.1 Å². The summed E-state index contributed by atoms with van der Waals surface area (Å²) in [6, 6.07) is 0. The van der Waals surface area contributed by atoms with Gasteiger partial charge in [0.25, 0.3) is 0 Å². The first-order valence-corrected chi connectivity index (χ1v) is 5.48. The molecule has 0 N–H and O–H groups in total. The normalized spacial score (nSPS) is 18.2. The van der Waals surface area contributed by atoms with Gasteiger partial charge in [0, 0.05) is 44.8 Å². The monoisotopic (exact) mass is 216 g/mol. The maximum absolute atomic E-state index is 4.43. The highest BCUT2D eigenvalue weighted by molar-refractivity contribution is 5.63. The molecule has 5 nitrogen and oxygen atoms in total. The fourth-order valence-corrected chi connectivity index (χ4v) is 2.03. The van der Waals surface area contributed by atoms with Gasteiger partial charge in [-0.15, -0.1) is 0 Å². The third-order valence-electron chi connectivity index (χ3n) is 3.04. The molecule has 0 bridgehead atoms. The summed E-state index contributed by atoms with van der Waals surface area (Å²) in [5.74, 6) is 0.969. The molecule has 16 heavy (non-hydrogen) atoms. The molecule has 0 aliphatic carbocycles. The lowest BCUT2D eigenvalue weighted by Gasteiger charge is -2.33. The molecular weight excluding hydrogens is 202 g/mol. The number of rotatable bonds is 1. The molecule has 0 atom stereocenters. The smallest absolute Gasteiger partial charge is 0.180 e. The first kappa shape index (κ1) is 9.59. The van der Waals surface area contributed by atoms with E-state index >= 15 is 0 Å². The summed E-state index contributed by atoms with van der Waals surface area (Å²) in [6.45, 7) is 4.17. The largest absolute Gasteiger partial charge is 0.351 e. The van der Waals surface area contributed by atoms with Crippen LogP contribution in [0.4, 0.5) is 5.82 Å². The maximum atomic E-state index is 4.43. The van der Waals surface area contributed by atoms with Crippen LogP contribution in [0, 0.1) is 6.20 Å². The lowest BCUT2D eigenvalue weighted by molar-refractivity contribution is 0.312. The van der Waals surface area contributed by atoms with E-state index in [-0.39, 0.29) is 0 Å². The maximum Gasteiger partial charge on any atom is 0.180 e. The molecule has 0 unspecified atom stereocenters. The van der Waals surface area contributed by atoms with Crippen LogP contribution < -0.4 is 4.90 Å². The van der Waals surface area contributed by atoms with Crippen LogP contribution >= 0.6 is 0 Å². The fourth-order valence-electron chi connectivity index (χ4n) is 2.03. The van der Waals surface area contributed by atoms with E-state index in [1.54, 1.807) is 0 Å². The summed E-state index contributed by atoms with van der Waals surface area (Å²) in [5, 5.41) is 0. The molecule has 1 radical (unpaired) electrons. The molecule has 2 aromatic rings. The van der Waals surface area contributed by atoms with Gasteiger partial charge in [0.05, 0.1) is 0 Å². The number of imidazole rings is 1. The Hall–Kier alpha value is -1.62. The van der Waals surface area contributed by atoms with Gasteiger partial charge >= 0.3 is 0 Å². The SMILES string of the molecule is CN1CCN(c2nccn3c[c]nc23)CC1. The molecule has 1 saturated heterocycles. The minimum absolute atomic E-state index is 0.895. The average molecular weight is 216 g/mol. The van der Waals surface area contributed by atoms with Crippen molar-refractivity contribution < 1.29 is 0 Å². The van der Waals surface area contributed by atoms with Gasteiger partial charge in [-0.2, -0.15) is 0 Å². The van der Waals surface area contributed by atoms with E-state index in [1.165, 1.54) is 0 Å². The Balaban J connectivity index is 1.96. The molecular formula is C11H14N5. The van der Waals surface area contributed by atoms with E-state index in [0.29, 0.717) is 0 Å². The second kappa shape index (κ2) is 3.75. The van der Waals surface area contributed by atoms with Crippen molar-refractivity contribution in [2.24, 2.45) is 0 Å². The Morgan fingerprint density at radius 1 is 1.25 bits per heavy atom. The summed E-state index contributed by atoms with van der Waals surface area (Å²) >= 11 is 0. The van der Waals surface area contributed by atoms with Crippen LogP contribution in [0.5, 0.6) is 0 Å². The number of fused-ring (bicyclic) bond motifs is 1. The number of aromatic nitrogens is 3. The first-order valence-electron chi connectivity index (χ1n) is 5.48. The van der Waals surface area contributed by atoms with Crippen molar-refractivity contribution in [2.45, 2.75) is 0 Å². The Labute approximate surface area is 94.3 Å². The Morgan fingerprint density at radius 3 is 2.88 bits per heavy atom. The summed E-state index contributed by atoms with van der Waals surface area (Å²) in [6.07, 6.45) is 8.41. The average Bonchev–Trinajstić information content (AvgIpc) is 2.78. The zero-order chi connectivity index (χ0) is 11.0. The Morgan fingerprint density at radius 2 is 2.06 bits per heavy atom. The quantitative estimate of drug-likeness (QED) is 0.686. The van der Waals surface area contributed by atoms with Crippen molar-refractivity contribution >= 4 is 11.5 Å². The van der Waals surface area contributed by atoms with Crippen LogP contribution in [0.3, 0.4) is 0 Å². The molecule has 2 aromatic heterocycles. The van der Waals surface area contributed by atoms with Crippen LogP contribution in [0.15, 0.2) is 18.6 Å². The fraction of sp³-hybridized carbons (Fsp3) is 0.455. The van der Waals surface area contributed by atoms with Gasteiger partial charge in [0.15, 0.2) is 11.5 Å². The molecule has 3 heterocycles. The third kappa shape index (κ3) is 1.53. The van der Waals surface area contributed by atoms with Crippen LogP contribution in [-0.4, -0.2) is 52.5 Å². The topological polar surface area (TPSA) is 36.7 Å². The van der Waals surface area contributed by atoms with Crippen LogP contribution in [-0.2, 0) is 0 Å². The molecule has 83 valence electrons. The third-order valence-corrected chi connectivity index (χ3v) is 3.04. The van der Waals surface area contributed by atoms with Crippen LogP contribution in [0.25, 0.3) is 5.65 Å². The molecule has 0 spiro atoms. The summed E-state index contributed by atoms with van der Waals surface area (Å²) in [5.41, 5.74) is 0.895. The second-order valence-corrected chi connectivity index (χ2v) is 4.14. The number of likely N-dealkylation sites (N-methyl/N-ethyl adjacent to an activating group) is 1. The molecule has 0 aromatic carbocycles. The van der Waals surface area contributed by atoms with E-state index in [1.807, 2.05) is 23.0 Å². The van der Waals surface area contributed by atoms with E-state index in [0.717, 1.165) is 37.6 Å². The molecule has 5 heteroatoms. The van der Waals surface area contributed by atoms with E-state index in [4.69, 9.17) is 0 Å². The van der Waals surface area contributed by atoms with Gasteiger partial charge in [-0.3, -0.25) is 0 Å². The molecule has 1 aliphatic rings. The predicted octanol–water partition coefficient (Wildman–Crippen LogP) is 0.281. The second-order valence-electron chi connectivity index (χ2n) is 4.14. The van der Waals surface area contributed by atoms with Crippen molar-refractivity contribution in [3.63, 3.8) is 0 Å². The van der Waals surface area contributed by atoms with Crippen molar-refractivity contribution in [1.29, 1.82) is 0 Å². The highest BCUT2D eigenvalue weighted by atomic mass is 15.3. The van der Waals surface area contributed by atoms with Crippen molar-refractivity contribution in [3.8, 4) is 0 Å². The Bertz CT molecular complexity index is 484. The molecule has 0 amide bonds.